The summed E-state index contributed by atoms with van der Waals surface area (Å²) >= 11 is 0. The van der Waals surface area contributed by atoms with Crippen LogP contribution < -0.4 is 0 Å². The van der Waals surface area contributed by atoms with Gasteiger partial charge in [0.15, 0.2) is 5.78 Å². The van der Waals surface area contributed by atoms with Crippen LogP contribution in [0.1, 0.15) is 51.9 Å². The minimum absolute atomic E-state index is 0.184. The SMILES string of the molecule is CCCCCCCCC(=O)/C=C/C=C/C=C/C=C/C=C/C=C/C(=O)O. The number of carboxylic acids is 1. The van der Waals surface area contributed by atoms with E-state index in [1.165, 1.54) is 31.8 Å². The summed E-state index contributed by atoms with van der Waals surface area (Å²) in [5.74, 6) is -0.777. The summed E-state index contributed by atoms with van der Waals surface area (Å²) in [5, 5.41) is 8.39. The molecule has 1 N–H and O–H groups in total. The first-order valence-corrected chi connectivity index (χ1v) is 8.94. The summed E-state index contributed by atoms with van der Waals surface area (Å²) < 4.78 is 0. The standard InChI is InChI=1S/C22H30O3/c1-2-3-4-5-12-15-18-21(23)19-16-13-10-8-6-7-9-11-14-17-20-22(24)25/h6-11,13-14,16-17,19-20H,2-5,12,15,18H2,1H3,(H,24,25)/b8-6+,9-7+,13-10+,14-11+,19-16+,20-17+. The van der Waals surface area contributed by atoms with Gasteiger partial charge in [-0.2, -0.15) is 0 Å². The monoisotopic (exact) mass is 342 g/mol. The van der Waals surface area contributed by atoms with Gasteiger partial charge in [0.1, 0.15) is 0 Å². The Hall–Kier alpha value is -2.42. The first-order valence-electron chi connectivity index (χ1n) is 8.94. The quantitative estimate of drug-likeness (QED) is 0.249. The summed E-state index contributed by atoms with van der Waals surface area (Å²) in [7, 11) is 0. The zero-order chi connectivity index (χ0) is 18.6. The van der Waals surface area contributed by atoms with Gasteiger partial charge in [-0.3, -0.25) is 4.79 Å². The van der Waals surface area contributed by atoms with Crippen LogP contribution in [0.2, 0.25) is 0 Å². The molecule has 0 aromatic carbocycles. The normalized spacial score (nSPS) is 12.8. The van der Waals surface area contributed by atoms with E-state index in [9.17, 15) is 9.59 Å². The molecular weight excluding hydrogens is 312 g/mol. The second kappa shape index (κ2) is 17.9. The number of carbonyl (C=O) groups is 2. The molecule has 3 nitrogen and oxygen atoms in total. The van der Waals surface area contributed by atoms with Crippen LogP contribution >= 0.6 is 0 Å². The molecule has 0 fully saturated rings. The largest absolute Gasteiger partial charge is 0.478 e. The third kappa shape index (κ3) is 19.5. The topological polar surface area (TPSA) is 54.4 Å². The van der Waals surface area contributed by atoms with E-state index in [0.29, 0.717) is 6.42 Å². The molecule has 0 heterocycles. The molecule has 0 atom stereocenters. The van der Waals surface area contributed by atoms with Crippen molar-refractivity contribution in [3.8, 4) is 0 Å². The average molecular weight is 342 g/mol. The molecule has 0 aliphatic carbocycles. The molecule has 0 saturated carbocycles. The molecule has 0 rings (SSSR count). The van der Waals surface area contributed by atoms with Crippen molar-refractivity contribution in [3.63, 3.8) is 0 Å². The Morgan fingerprint density at radius 3 is 1.60 bits per heavy atom. The van der Waals surface area contributed by atoms with E-state index < -0.39 is 5.97 Å². The molecule has 0 aromatic rings. The number of carbonyl (C=O) groups excluding carboxylic acids is 1. The molecular formula is C22H30O3. The van der Waals surface area contributed by atoms with Crippen LogP contribution in [-0.2, 0) is 9.59 Å². The summed E-state index contributed by atoms with van der Waals surface area (Å²) in [6, 6.07) is 0. The first-order chi connectivity index (χ1) is 12.2. The Balaban J connectivity index is 3.79. The van der Waals surface area contributed by atoms with Gasteiger partial charge in [-0.25, -0.2) is 4.79 Å². The molecule has 0 spiro atoms. The van der Waals surface area contributed by atoms with Crippen molar-refractivity contribution in [2.45, 2.75) is 51.9 Å². The second-order valence-corrected chi connectivity index (χ2v) is 5.58. The lowest BCUT2D eigenvalue weighted by atomic mass is 10.1. The number of carboxylic acid groups (broad SMARTS) is 1. The lowest BCUT2D eigenvalue weighted by Gasteiger charge is -1.98. The van der Waals surface area contributed by atoms with Gasteiger partial charge in [-0.05, 0) is 12.5 Å². The van der Waals surface area contributed by atoms with E-state index >= 15 is 0 Å². The number of rotatable bonds is 14. The summed E-state index contributed by atoms with van der Waals surface area (Å²) in [6.45, 7) is 2.20. The third-order valence-corrected chi connectivity index (χ3v) is 3.30. The zero-order valence-electron chi connectivity index (χ0n) is 15.1. The van der Waals surface area contributed by atoms with Gasteiger partial charge < -0.3 is 5.11 Å². The summed E-state index contributed by atoms with van der Waals surface area (Å²) in [4.78, 5) is 21.9. The van der Waals surface area contributed by atoms with Gasteiger partial charge in [-0.1, -0.05) is 99.8 Å². The van der Waals surface area contributed by atoms with Crippen LogP contribution in [0.25, 0.3) is 0 Å². The van der Waals surface area contributed by atoms with E-state index in [4.69, 9.17) is 5.11 Å². The Bertz CT molecular complexity index is 531. The minimum Gasteiger partial charge on any atom is -0.478 e. The molecule has 0 radical (unpaired) electrons. The molecule has 0 amide bonds. The van der Waals surface area contributed by atoms with E-state index in [2.05, 4.69) is 6.92 Å². The van der Waals surface area contributed by atoms with Gasteiger partial charge in [0.2, 0.25) is 0 Å². The highest BCUT2D eigenvalue weighted by molar-refractivity contribution is 5.89. The fraction of sp³-hybridized carbons (Fsp3) is 0.364. The number of ketones is 1. The summed E-state index contributed by atoms with van der Waals surface area (Å²) in [5.41, 5.74) is 0. The van der Waals surface area contributed by atoms with Crippen LogP contribution in [0, 0.1) is 0 Å². The average Bonchev–Trinajstić information content (AvgIpc) is 2.58. The predicted molar refractivity (Wildman–Crippen MR) is 105 cm³/mol. The van der Waals surface area contributed by atoms with Crippen molar-refractivity contribution in [2.75, 3.05) is 0 Å². The summed E-state index contributed by atoms with van der Waals surface area (Å²) in [6.07, 6.45) is 28.2. The maximum Gasteiger partial charge on any atom is 0.328 e. The maximum absolute atomic E-state index is 11.6. The molecule has 0 saturated heterocycles. The van der Waals surface area contributed by atoms with Gasteiger partial charge in [0, 0.05) is 12.5 Å². The van der Waals surface area contributed by atoms with E-state index in [-0.39, 0.29) is 5.78 Å². The van der Waals surface area contributed by atoms with Crippen LogP contribution in [0.4, 0.5) is 0 Å². The molecule has 0 unspecified atom stereocenters. The van der Waals surface area contributed by atoms with Crippen LogP contribution in [0.3, 0.4) is 0 Å². The molecule has 3 heteroatoms. The molecule has 0 aliphatic heterocycles. The van der Waals surface area contributed by atoms with Crippen molar-refractivity contribution in [3.05, 3.63) is 72.9 Å². The number of hydrogen-bond acceptors (Lipinski definition) is 2. The number of allylic oxidation sites excluding steroid dienone is 11. The fourth-order valence-corrected chi connectivity index (χ4v) is 1.98. The minimum atomic E-state index is -0.961. The highest BCUT2D eigenvalue weighted by atomic mass is 16.4. The Labute approximate surface area is 151 Å². The highest BCUT2D eigenvalue weighted by Gasteiger charge is 1.96. The van der Waals surface area contributed by atoms with E-state index in [1.54, 1.807) is 30.4 Å². The first kappa shape index (κ1) is 22.6. The van der Waals surface area contributed by atoms with Crippen molar-refractivity contribution < 1.29 is 14.7 Å². The van der Waals surface area contributed by atoms with Crippen LogP contribution in [0.15, 0.2) is 72.9 Å². The maximum atomic E-state index is 11.6. The van der Waals surface area contributed by atoms with E-state index in [1.807, 2.05) is 30.4 Å². The van der Waals surface area contributed by atoms with Crippen LogP contribution in [0.5, 0.6) is 0 Å². The lowest BCUT2D eigenvalue weighted by Crippen LogP contribution is -1.91. The molecule has 0 aromatic heterocycles. The number of hydrogen-bond donors (Lipinski definition) is 1. The van der Waals surface area contributed by atoms with Gasteiger partial charge in [0.25, 0.3) is 0 Å². The van der Waals surface area contributed by atoms with Gasteiger partial charge in [0.05, 0.1) is 0 Å². The van der Waals surface area contributed by atoms with E-state index in [0.717, 1.165) is 18.9 Å². The number of aliphatic carboxylic acids is 1. The molecule has 0 aliphatic rings. The van der Waals surface area contributed by atoms with Crippen molar-refractivity contribution >= 4 is 11.8 Å². The molecule has 25 heavy (non-hydrogen) atoms. The Kier molecular flexibility index (Phi) is 16.2. The number of unbranched alkanes of at least 4 members (excludes halogenated alkanes) is 5. The lowest BCUT2D eigenvalue weighted by molar-refractivity contribution is -0.131. The van der Waals surface area contributed by atoms with Crippen molar-refractivity contribution in [1.82, 2.24) is 0 Å². The Morgan fingerprint density at radius 1 is 0.640 bits per heavy atom. The molecule has 136 valence electrons. The second-order valence-electron chi connectivity index (χ2n) is 5.58. The van der Waals surface area contributed by atoms with Crippen LogP contribution in [-0.4, -0.2) is 16.9 Å². The van der Waals surface area contributed by atoms with Gasteiger partial charge >= 0.3 is 5.97 Å². The fourth-order valence-electron chi connectivity index (χ4n) is 1.98. The van der Waals surface area contributed by atoms with Crippen molar-refractivity contribution in [2.24, 2.45) is 0 Å². The Morgan fingerprint density at radius 2 is 1.08 bits per heavy atom. The smallest absolute Gasteiger partial charge is 0.328 e. The zero-order valence-corrected chi connectivity index (χ0v) is 15.1. The molecule has 0 bridgehead atoms. The highest BCUT2D eigenvalue weighted by Crippen LogP contribution is 2.07. The predicted octanol–water partition coefficient (Wildman–Crippen LogP) is 5.73. The third-order valence-electron chi connectivity index (χ3n) is 3.30. The van der Waals surface area contributed by atoms with Crippen molar-refractivity contribution in [1.29, 1.82) is 0 Å². The van der Waals surface area contributed by atoms with Gasteiger partial charge in [-0.15, -0.1) is 0 Å².